The lowest BCUT2D eigenvalue weighted by Crippen LogP contribution is -2.42. The third-order valence-corrected chi connectivity index (χ3v) is 2.56. The molecule has 0 spiro atoms. The zero-order valence-electron chi connectivity index (χ0n) is 10.5. The van der Waals surface area contributed by atoms with Crippen LogP contribution < -0.4 is 5.32 Å². The summed E-state index contributed by atoms with van der Waals surface area (Å²) in [5, 5.41) is 2.60. The molecule has 0 aliphatic heterocycles. The molecule has 1 N–H and O–H groups in total. The molecule has 0 radical (unpaired) electrons. The van der Waals surface area contributed by atoms with Crippen LogP contribution in [0.1, 0.15) is 24.2 Å². The Morgan fingerprint density at radius 3 is 2.72 bits per heavy atom. The highest BCUT2D eigenvalue weighted by Gasteiger charge is 2.21. The molecule has 1 aromatic rings. The molecule has 1 aromatic heterocycles. The van der Waals surface area contributed by atoms with Crippen molar-refractivity contribution in [1.29, 1.82) is 0 Å². The molecule has 6 heteroatoms. The number of nitrogens with one attached hydrogen (secondary N) is 1. The number of hydrogen-bond acceptors (Lipinski definition) is 3. The average Bonchev–Trinajstić information content (AvgIpc) is 2.31. The van der Waals surface area contributed by atoms with Gasteiger partial charge in [0.05, 0.1) is 18.2 Å². The lowest BCUT2D eigenvalue weighted by Gasteiger charge is -2.21. The van der Waals surface area contributed by atoms with E-state index in [1.54, 1.807) is 0 Å². The van der Waals surface area contributed by atoms with E-state index < -0.39 is 17.7 Å². The fraction of sp³-hybridized carbons (Fsp3) is 0.500. The zero-order valence-corrected chi connectivity index (χ0v) is 10.5. The van der Waals surface area contributed by atoms with Crippen molar-refractivity contribution in [1.82, 2.24) is 10.3 Å². The maximum atomic E-state index is 13.4. The molecule has 100 valence electrons. The molecule has 0 aromatic carbocycles. The molecule has 1 heterocycles. The number of methoxy groups -OCH3 is 1. The third-order valence-electron chi connectivity index (χ3n) is 2.56. The summed E-state index contributed by atoms with van der Waals surface area (Å²) in [7, 11) is 1.51. The van der Waals surface area contributed by atoms with Crippen molar-refractivity contribution in [3.8, 4) is 0 Å². The van der Waals surface area contributed by atoms with E-state index in [-0.39, 0.29) is 17.5 Å². The molecule has 1 rings (SSSR count). The molecule has 0 saturated heterocycles. The lowest BCUT2D eigenvalue weighted by atomic mass is 10.0. The molecule has 1 unspecified atom stereocenters. The van der Waals surface area contributed by atoms with Gasteiger partial charge >= 0.3 is 0 Å². The molecular formula is C12H16F2N2O2. The fourth-order valence-corrected chi connectivity index (χ4v) is 1.42. The van der Waals surface area contributed by atoms with Crippen LogP contribution in [0.15, 0.2) is 12.3 Å². The first kappa shape index (κ1) is 14.5. The molecule has 0 fully saturated rings. The Labute approximate surface area is 104 Å². The van der Waals surface area contributed by atoms with Crippen LogP contribution in [0, 0.1) is 17.7 Å². The second kappa shape index (κ2) is 6.39. The van der Waals surface area contributed by atoms with Crippen LogP contribution in [0.3, 0.4) is 0 Å². The Morgan fingerprint density at radius 1 is 1.50 bits per heavy atom. The highest BCUT2D eigenvalue weighted by molar-refractivity contribution is 5.94. The first-order valence-corrected chi connectivity index (χ1v) is 5.57. The molecular weight excluding hydrogens is 242 g/mol. The zero-order chi connectivity index (χ0) is 13.7. The minimum atomic E-state index is -1.28. The van der Waals surface area contributed by atoms with Gasteiger partial charge in [-0.2, -0.15) is 4.39 Å². The average molecular weight is 258 g/mol. The molecule has 0 bridgehead atoms. The molecule has 18 heavy (non-hydrogen) atoms. The minimum Gasteiger partial charge on any atom is -0.383 e. The monoisotopic (exact) mass is 258 g/mol. The topological polar surface area (TPSA) is 51.2 Å². The maximum absolute atomic E-state index is 13.4. The largest absolute Gasteiger partial charge is 0.383 e. The van der Waals surface area contributed by atoms with E-state index in [0.717, 1.165) is 12.3 Å². The number of rotatable bonds is 5. The second-order valence-electron chi connectivity index (χ2n) is 4.24. The Morgan fingerprint density at radius 2 is 2.17 bits per heavy atom. The molecule has 4 nitrogen and oxygen atoms in total. The first-order valence-electron chi connectivity index (χ1n) is 5.57. The van der Waals surface area contributed by atoms with Crippen LogP contribution >= 0.6 is 0 Å². The van der Waals surface area contributed by atoms with E-state index in [4.69, 9.17) is 4.74 Å². The van der Waals surface area contributed by atoms with E-state index in [0.29, 0.717) is 6.61 Å². The maximum Gasteiger partial charge on any atom is 0.254 e. The van der Waals surface area contributed by atoms with Crippen molar-refractivity contribution >= 4 is 5.91 Å². The Balaban J connectivity index is 2.84. The van der Waals surface area contributed by atoms with Crippen LogP contribution in [0.5, 0.6) is 0 Å². The summed E-state index contributed by atoms with van der Waals surface area (Å²) in [4.78, 5) is 14.9. The van der Waals surface area contributed by atoms with Crippen LogP contribution in [-0.4, -0.2) is 30.6 Å². The molecule has 0 aliphatic carbocycles. The third kappa shape index (κ3) is 3.46. The van der Waals surface area contributed by atoms with Crippen molar-refractivity contribution in [3.63, 3.8) is 0 Å². The van der Waals surface area contributed by atoms with E-state index in [9.17, 15) is 13.6 Å². The number of hydrogen-bond donors (Lipinski definition) is 1. The molecule has 0 aliphatic rings. The molecule has 1 atom stereocenters. The van der Waals surface area contributed by atoms with Gasteiger partial charge in [-0.3, -0.25) is 4.79 Å². The highest BCUT2D eigenvalue weighted by atomic mass is 19.2. The number of carbonyl (C=O) groups is 1. The van der Waals surface area contributed by atoms with Gasteiger partial charge in [-0.1, -0.05) is 13.8 Å². The standard InChI is InChI=1S/C12H16F2N2O2/c1-7(2)9(6-18-3)16-12(17)8-4-5-15-11(14)10(8)13/h4-5,7,9H,6H2,1-3H3,(H,16,17). The van der Waals surface area contributed by atoms with Crippen molar-refractivity contribution in [2.45, 2.75) is 19.9 Å². The van der Waals surface area contributed by atoms with Crippen LogP contribution in [0.2, 0.25) is 0 Å². The number of carbonyl (C=O) groups excluding carboxylic acids is 1. The summed E-state index contributed by atoms with van der Waals surface area (Å²) in [5.41, 5.74) is -0.357. The predicted molar refractivity (Wildman–Crippen MR) is 62.1 cm³/mol. The summed E-state index contributed by atoms with van der Waals surface area (Å²) in [5.74, 6) is -3.08. The van der Waals surface area contributed by atoms with Gasteiger partial charge in [0.15, 0.2) is 5.82 Å². The number of pyridine rings is 1. The van der Waals surface area contributed by atoms with E-state index in [1.807, 2.05) is 13.8 Å². The van der Waals surface area contributed by atoms with Gasteiger partial charge in [0.25, 0.3) is 5.91 Å². The quantitative estimate of drug-likeness (QED) is 0.819. The summed E-state index contributed by atoms with van der Waals surface area (Å²) in [6, 6.07) is 0.871. The van der Waals surface area contributed by atoms with Crippen molar-refractivity contribution in [3.05, 3.63) is 29.6 Å². The summed E-state index contributed by atoms with van der Waals surface area (Å²) in [6.45, 7) is 4.10. The van der Waals surface area contributed by atoms with E-state index >= 15 is 0 Å². The summed E-state index contributed by atoms with van der Waals surface area (Å²) < 4.78 is 31.2. The van der Waals surface area contributed by atoms with Crippen LogP contribution in [-0.2, 0) is 4.74 Å². The number of ether oxygens (including phenoxy) is 1. The number of nitrogens with zero attached hydrogens (tertiary/aromatic N) is 1. The second-order valence-corrected chi connectivity index (χ2v) is 4.24. The Bertz CT molecular complexity index is 425. The highest BCUT2D eigenvalue weighted by Crippen LogP contribution is 2.10. The molecule has 0 saturated carbocycles. The fourth-order valence-electron chi connectivity index (χ4n) is 1.42. The number of amides is 1. The molecule has 1 amide bonds. The minimum absolute atomic E-state index is 0.114. The van der Waals surface area contributed by atoms with Crippen molar-refractivity contribution in [2.75, 3.05) is 13.7 Å². The Hall–Kier alpha value is -1.56. The number of halogens is 2. The first-order chi connectivity index (χ1) is 8.47. The van der Waals surface area contributed by atoms with Gasteiger partial charge < -0.3 is 10.1 Å². The smallest absolute Gasteiger partial charge is 0.254 e. The SMILES string of the molecule is COCC(NC(=O)c1ccnc(F)c1F)C(C)C. The predicted octanol–water partition coefficient (Wildman–Crippen LogP) is 1.76. The van der Waals surface area contributed by atoms with Gasteiger partial charge in [-0.05, 0) is 12.0 Å². The van der Waals surface area contributed by atoms with Crippen molar-refractivity contribution in [2.24, 2.45) is 5.92 Å². The van der Waals surface area contributed by atoms with Crippen LogP contribution in [0.25, 0.3) is 0 Å². The Kier molecular flexibility index (Phi) is 5.15. The van der Waals surface area contributed by atoms with Crippen LogP contribution in [0.4, 0.5) is 8.78 Å². The summed E-state index contributed by atoms with van der Waals surface area (Å²) >= 11 is 0. The van der Waals surface area contributed by atoms with Crippen molar-refractivity contribution < 1.29 is 18.3 Å². The van der Waals surface area contributed by atoms with Gasteiger partial charge in [0, 0.05) is 13.3 Å². The normalized spacial score (nSPS) is 12.6. The van der Waals surface area contributed by atoms with Gasteiger partial charge in [-0.15, -0.1) is 0 Å². The van der Waals surface area contributed by atoms with E-state index in [2.05, 4.69) is 10.3 Å². The van der Waals surface area contributed by atoms with Gasteiger partial charge in [-0.25, -0.2) is 9.37 Å². The van der Waals surface area contributed by atoms with Gasteiger partial charge in [0.2, 0.25) is 5.95 Å². The lowest BCUT2D eigenvalue weighted by molar-refractivity contribution is 0.0861. The summed E-state index contributed by atoms with van der Waals surface area (Å²) in [6.07, 6.45) is 1.05. The van der Waals surface area contributed by atoms with E-state index in [1.165, 1.54) is 7.11 Å². The van der Waals surface area contributed by atoms with Gasteiger partial charge in [0.1, 0.15) is 0 Å². The number of aromatic nitrogens is 1.